The Morgan fingerprint density at radius 3 is 2.57 bits per heavy atom. The fourth-order valence-corrected chi connectivity index (χ4v) is 4.60. The Labute approximate surface area is 139 Å². The van der Waals surface area contributed by atoms with Crippen molar-refractivity contribution in [1.82, 2.24) is 9.88 Å². The number of piperidine rings is 1. The zero-order valence-electron chi connectivity index (χ0n) is 13.9. The van der Waals surface area contributed by atoms with Gasteiger partial charge < -0.3 is 10.2 Å². The SMILES string of the molecule is CS(=O)(=O)c1cccnc1NC1CCN(CC2CCCC2)CC1. The van der Waals surface area contributed by atoms with Gasteiger partial charge in [0.25, 0.3) is 0 Å². The van der Waals surface area contributed by atoms with Crippen LogP contribution in [0.4, 0.5) is 5.82 Å². The molecule has 1 aromatic heterocycles. The number of anilines is 1. The highest BCUT2D eigenvalue weighted by atomic mass is 32.2. The van der Waals surface area contributed by atoms with Crippen molar-refractivity contribution in [3.05, 3.63) is 18.3 Å². The molecule has 23 heavy (non-hydrogen) atoms. The molecule has 5 nitrogen and oxygen atoms in total. The summed E-state index contributed by atoms with van der Waals surface area (Å²) in [5.41, 5.74) is 0. The predicted molar refractivity (Wildman–Crippen MR) is 92.4 cm³/mol. The number of hydrogen-bond donors (Lipinski definition) is 1. The second-order valence-corrected chi connectivity index (χ2v) is 8.98. The van der Waals surface area contributed by atoms with Gasteiger partial charge in [-0.3, -0.25) is 0 Å². The van der Waals surface area contributed by atoms with Crippen molar-refractivity contribution >= 4 is 15.7 Å². The van der Waals surface area contributed by atoms with Gasteiger partial charge in [0.05, 0.1) is 0 Å². The minimum Gasteiger partial charge on any atom is -0.366 e. The molecule has 0 spiro atoms. The van der Waals surface area contributed by atoms with Crippen molar-refractivity contribution in [3.8, 4) is 0 Å². The van der Waals surface area contributed by atoms with E-state index < -0.39 is 9.84 Å². The summed E-state index contributed by atoms with van der Waals surface area (Å²) in [6.07, 6.45) is 10.6. The van der Waals surface area contributed by atoms with E-state index >= 15 is 0 Å². The molecule has 3 rings (SSSR count). The van der Waals surface area contributed by atoms with E-state index in [4.69, 9.17) is 0 Å². The molecule has 6 heteroatoms. The topological polar surface area (TPSA) is 62.3 Å². The lowest BCUT2D eigenvalue weighted by Gasteiger charge is -2.34. The van der Waals surface area contributed by atoms with Gasteiger partial charge >= 0.3 is 0 Å². The lowest BCUT2D eigenvalue weighted by atomic mass is 10.0. The standard InChI is InChI=1S/C17H27N3O2S/c1-23(21,22)16-7-4-10-18-17(16)19-15-8-11-20(12-9-15)13-14-5-2-3-6-14/h4,7,10,14-15H,2-3,5-6,8-9,11-13H2,1H3,(H,18,19). The van der Waals surface area contributed by atoms with E-state index in [1.807, 2.05) is 0 Å². The van der Waals surface area contributed by atoms with Gasteiger partial charge in [0, 0.05) is 38.1 Å². The third kappa shape index (κ3) is 4.44. The van der Waals surface area contributed by atoms with Crippen LogP contribution in [0, 0.1) is 5.92 Å². The largest absolute Gasteiger partial charge is 0.366 e. The van der Waals surface area contributed by atoms with Crippen LogP contribution in [-0.2, 0) is 9.84 Å². The molecular weight excluding hydrogens is 310 g/mol. The number of nitrogens with zero attached hydrogens (tertiary/aromatic N) is 2. The highest BCUT2D eigenvalue weighted by Gasteiger charge is 2.24. The molecule has 1 aliphatic carbocycles. The first-order valence-electron chi connectivity index (χ1n) is 8.66. The van der Waals surface area contributed by atoms with Crippen molar-refractivity contribution in [2.75, 3.05) is 31.2 Å². The lowest BCUT2D eigenvalue weighted by molar-refractivity contribution is 0.189. The summed E-state index contributed by atoms with van der Waals surface area (Å²) < 4.78 is 23.7. The van der Waals surface area contributed by atoms with Crippen molar-refractivity contribution in [2.24, 2.45) is 5.92 Å². The maximum Gasteiger partial charge on any atom is 0.179 e. The Balaban J connectivity index is 1.55. The van der Waals surface area contributed by atoms with Gasteiger partial charge in [0.2, 0.25) is 0 Å². The van der Waals surface area contributed by atoms with Crippen LogP contribution in [0.25, 0.3) is 0 Å². The number of rotatable bonds is 5. The summed E-state index contributed by atoms with van der Waals surface area (Å²) in [6, 6.07) is 3.61. The molecule has 0 bridgehead atoms. The van der Waals surface area contributed by atoms with E-state index in [1.165, 1.54) is 38.5 Å². The van der Waals surface area contributed by atoms with Gasteiger partial charge in [0.1, 0.15) is 10.7 Å². The van der Waals surface area contributed by atoms with E-state index in [-0.39, 0.29) is 0 Å². The Morgan fingerprint density at radius 2 is 1.91 bits per heavy atom. The molecular formula is C17H27N3O2S. The highest BCUT2D eigenvalue weighted by molar-refractivity contribution is 7.90. The number of nitrogens with one attached hydrogen (secondary N) is 1. The molecule has 0 amide bonds. The van der Waals surface area contributed by atoms with Gasteiger partial charge in [-0.15, -0.1) is 0 Å². The van der Waals surface area contributed by atoms with Crippen molar-refractivity contribution in [2.45, 2.75) is 49.5 Å². The Hall–Kier alpha value is -1.14. The fraction of sp³-hybridized carbons (Fsp3) is 0.706. The van der Waals surface area contributed by atoms with Gasteiger partial charge in [-0.1, -0.05) is 12.8 Å². The van der Waals surface area contributed by atoms with Crippen LogP contribution in [-0.4, -0.2) is 50.2 Å². The first-order valence-corrected chi connectivity index (χ1v) is 10.6. The van der Waals surface area contributed by atoms with E-state index in [2.05, 4.69) is 15.2 Å². The van der Waals surface area contributed by atoms with Crippen molar-refractivity contribution in [1.29, 1.82) is 0 Å². The Kier molecular flexibility index (Phi) is 5.21. The van der Waals surface area contributed by atoms with Crippen LogP contribution in [0.5, 0.6) is 0 Å². The maximum atomic E-state index is 11.9. The van der Waals surface area contributed by atoms with Crippen LogP contribution in [0.1, 0.15) is 38.5 Å². The van der Waals surface area contributed by atoms with Gasteiger partial charge in [-0.2, -0.15) is 0 Å². The average molecular weight is 337 g/mol. The summed E-state index contributed by atoms with van der Waals surface area (Å²) in [4.78, 5) is 7.11. The van der Waals surface area contributed by atoms with E-state index in [0.717, 1.165) is 31.8 Å². The zero-order chi connectivity index (χ0) is 16.3. The van der Waals surface area contributed by atoms with Gasteiger partial charge in [-0.25, -0.2) is 13.4 Å². The van der Waals surface area contributed by atoms with Crippen LogP contribution < -0.4 is 5.32 Å². The summed E-state index contributed by atoms with van der Waals surface area (Å²) in [5, 5.41) is 3.35. The Morgan fingerprint density at radius 1 is 1.22 bits per heavy atom. The van der Waals surface area contributed by atoms with Crippen LogP contribution in [0.3, 0.4) is 0 Å². The zero-order valence-corrected chi connectivity index (χ0v) is 14.7. The summed E-state index contributed by atoms with van der Waals surface area (Å²) >= 11 is 0. The molecule has 1 N–H and O–H groups in total. The van der Waals surface area contributed by atoms with Crippen LogP contribution >= 0.6 is 0 Å². The molecule has 1 saturated carbocycles. The van der Waals surface area contributed by atoms with Crippen molar-refractivity contribution < 1.29 is 8.42 Å². The van der Waals surface area contributed by atoms with E-state index in [9.17, 15) is 8.42 Å². The van der Waals surface area contributed by atoms with Crippen LogP contribution in [0.2, 0.25) is 0 Å². The number of hydrogen-bond acceptors (Lipinski definition) is 5. The second-order valence-electron chi connectivity index (χ2n) is 6.99. The number of sulfone groups is 1. The third-order valence-electron chi connectivity index (χ3n) is 5.09. The first kappa shape index (κ1) is 16.7. The molecule has 1 saturated heterocycles. The third-order valence-corrected chi connectivity index (χ3v) is 6.22. The summed E-state index contributed by atoms with van der Waals surface area (Å²) in [5.74, 6) is 1.40. The minimum atomic E-state index is -3.25. The lowest BCUT2D eigenvalue weighted by Crippen LogP contribution is -2.41. The summed E-state index contributed by atoms with van der Waals surface area (Å²) in [6.45, 7) is 3.43. The number of pyridine rings is 1. The molecule has 0 atom stereocenters. The molecule has 0 unspecified atom stereocenters. The van der Waals surface area contributed by atoms with Crippen LogP contribution in [0.15, 0.2) is 23.2 Å². The summed E-state index contributed by atoms with van der Waals surface area (Å²) in [7, 11) is -3.25. The van der Waals surface area contributed by atoms with Crippen molar-refractivity contribution in [3.63, 3.8) is 0 Å². The molecule has 0 radical (unpaired) electrons. The number of aromatic nitrogens is 1. The molecule has 1 aromatic rings. The normalized spacial score (nSPS) is 21.6. The van der Waals surface area contributed by atoms with E-state index in [0.29, 0.717) is 16.8 Å². The highest BCUT2D eigenvalue weighted by Crippen LogP contribution is 2.27. The molecule has 2 fully saturated rings. The first-order chi connectivity index (χ1) is 11.0. The molecule has 2 heterocycles. The predicted octanol–water partition coefficient (Wildman–Crippen LogP) is 2.55. The average Bonchev–Trinajstić information content (AvgIpc) is 3.02. The molecule has 2 aliphatic rings. The number of likely N-dealkylation sites (tertiary alicyclic amines) is 1. The van der Waals surface area contributed by atoms with Gasteiger partial charge in [-0.05, 0) is 43.7 Å². The monoisotopic (exact) mass is 337 g/mol. The Bertz CT molecular complexity index is 618. The second kappa shape index (κ2) is 7.18. The maximum absolute atomic E-state index is 11.9. The fourth-order valence-electron chi connectivity index (χ4n) is 3.81. The quantitative estimate of drug-likeness (QED) is 0.895. The smallest absolute Gasteiger partial charge is 0.179 e. The van der Waals surface area contributed by atoms with Gasteiger partial charge in [0.15, 0.2) is 9.84 Å². The molecule has 0 aromatic carbocycles. The molecule has 128 valence electrons. The minimum absolute atomic E-state index is 0.299. The van der Waals surface area contributed by atoms with E-state index in [1.54, 1.807) is 18.3 Å². The molecule has 1 aliphatic heterocycles.